The molecular formula is C15H25N3O. The van der Waals surface area contributed by atoms with E-state index in [2.05, 4.69) is 17.1 Å². The van der Waals surface area contributed by atoms with Crippen LogP contribution in [-0.4, -0.2) is 10.1 Å². The molecule has 2 saturated carbocycles. The molecule has 2 fully saturated rings. The fourth-order valence-corrected chi connectivity index (χ4v) is 3.69. The molecule has 3 unspecified atom stereocenters. The lowest BCUT2D eigenvalue weighted by molar-refractivity contribution is 0.255. The van der Waals surface area contributed by atoms with E-state index in [1.165, 1.54) is 51.4 Å². The SMILES string of the molecule is CC1CCC(c2noc(C(N)C3CCCCC3)n2)C1. The highest BCUT2D eigenvalue weighted by Crippen LogP contribution is 2.38. The van der Waals surface area contributed by atoms with Crippen LogP contribution in [0.3, 0.4) is 0 Å². The molecule has 4 nitrogen and oxygen atoms in total. The van der Waals surface area contributed by atoms with Gasteiger partial charge in [0.25, 0.3) is 0 Å². The first-order chi connectivity index (χ1) is 9.24. The third-order valence-electron chi connectivity index (χ3n) is 4.96. The minimum absolute atomic E-state index is 0.0552. The minimum atomic E-state index is -0.0552. The van der Waals surface area contributed by atoms with Crippen molar-refractivity contribution in [2.75, 3.05) is 0 Å². The summed E-state index contributed by atoms with van der Waals surface area (Å²) in [6.45, 7) is 2.30. The molecule has 0 saturated heterocycles. The lowest BCUT2D eigenvalue weighted by atomic mass is 9.84. The van der Waals surface area contributed by atoms with Crippen LogP contribution < -0.4 is 5.73 Å². The van der Waals surface area contributed by atoms with Crippen LogP contribution in [-0.2, 0) is 0 Å². The lowest BCUT2D eigenvalue weighted by Crippen LogP contribution is -2.23. The van der Waals surface area contributed by atoms with Crippen LogP contribution in [0.15, 0.2) is 4.52 Å². The van der Waals surface area contributed by atoms with Crippen molar-refractivity contribution < 1.29 is 4.52 Å². The van der Waals surface area contributed by atoms with Gasteiger partial charge in [-0.3, -0.25) is 0 Å². The van der Waals surface area contributed by atoms with Crippen molar-refractivity contribution in [3.63, 3.8) is 0 Å². The summed E-state index contributed by atoms with van der Waals surface area (Å²) in [5.41, 5.74) is 6.31. The molecular weight excluding hydrogens is 238 g/mol. The third-order valence-corrected chi connectivity index (χ3v) is 4.96. The van der Waals surface area contributed by atoms with Crippen molar-refractivity contribution >= 4 is 0 Å². The van der Waals surface area contributed by atoms with E-state index < -0.39 is 0 Å². The van der Waals surface area contributed by atoms with Gasteiger partial charge < -0.3 is 10.3 Å². The first-order valence-corrected chi connectivity index (χ1v) is 7.83. The Balaban J connectivity index is 1.66. The summed E-state index contributed by atoms with van der Waals surface area (Å²) in [4.78, 5) is 4.60. The van der Waals surface area contributed by atoms with Crippen molar-refractivity contribution in [3.05, 3.63) is 11.7 Å². The maximum Gasteiger partial charge on any atom is 0.243 e. The Labute approximate surface area is 115 Å². The Kier molecular flexibility index (Phi) is 3.87. The van der Waals surface area contributed by atoms with Gasteiger partial charge in [-0.2, -0.15) is 4.98 Å². The summed E-state index contributed by atoms with van der Waals surface area (Å²) in [7, 11) is 0. The maximum atomic E-state index is 6.31. The molecule has 2 N–H and O–H groups in total. The van der Waals surface area contributed by atoms with E-state index in [1.807, 2.05) is 0 Å². The number of aromatic nitrogens is 2. The van der Waals surface area contributed by atoms with Gasteiger partial charge in [0.2, 0.25) is 5.89 Å². The van der Waals surface area contributed by atoms with Crippen LogP contribution in [0.5, 0.6) is 0 Å². The summed E-state index contributed by atoms with van der Waals surface area (Å²) in [6.07, 6.45) is 10.0. The Hall–Kier alpha value is -0.900. The van der Waals surface area contributed by atoms with Crippen molar-refractivity contribution in [2.24, 2.45) is 17.6 Å². The molecule has 0 aromatic carbocycles. The van der Waals surface area contributed by atoms with Crippen LogP contribution in [0.25, 0.3) is 0 Å². The molecule has 106 valence electrons. The number of rotatable bonds is 3. The molecule has 1 aromatic rings. The molecule has 1 aromatic heterocycles. The largest absolute Gasteiger partial charge is 0.338 e. The Bertz CT molecular complexity index is 411. The van der Waals surface area contributed by atoms with Gasteiger partial charge in [0.15, 0.2) is 5.82 Å². The van der Waals surface area contributed by atoms with Crippen LogP contribution in [0, 0.1) is 11.8 Å². The van der Waals surface area contributed by atoms with E-state index in [4.69, 9.17) is 10.3 Å². The highest BCUT2D eigenvalue weighted by atomic mass is 16.5. The molecule has 2 aliphatic rings. The third kappa shape index (κ3) is 2.83. The summed E-state index contributed by atoms with van der Waals surface area (Å²) in [6, 6.07) is -0.0552. The van der Waals surface area contributed by atoms with Gasteiger partial charge in [-0.05, 0) is 43.9 Å². The van der Waals surface area contributed by atoms with Crippen LogP contribution in [0.2, 0.25) is 0 Å². The van der Waals surface area contributed by atoms with E-state index in [-0.39, 0.29) is 6.04 Å². The predicted octanol–water partition coefficient (Wildman–Crippen LogP) is 3.55. The van der Waals surface area contributed by atoms with Crippen LogP contribution in [0.1, 0.15) is 82.0 Å². The molecule has 0 radical (unpaired) electrons. The van der Waals surface area contributed by atoms with E-state index in [0.717, 1.165) is 11.7 Å². The smallest absolute Gasteiger partial charge is 0.243 e. The maximum absolute atomic E-state index is 6.31. The first kappa shape index (κ1) is 13.1. The molecule has 0 amide bonds. The molecule has 0 spiro atoms. The van der Waals surface area contributed by atoms with Gasteiger partial charge >= 0.3 is 0 Å². The Morgan fingerprint density at radius 3 is 2.63 bits per heavy atom. The Morgan fingerprint density at radius 1 is 1.16 bits per heavy atom. The molecule has 2 aliphatic carbocycles. The predicted molar refractivity (Wildman–Crippen MR) is 73.6 cm³/mol. The van der Waals surface area contributed by atoms with Crippen molar-refractivity contribution in [3.8, 4) is 0 Å². The zero-order valence-electron chi connectivity index (χ0n) is 11.8. The average molecular weight is 263 g/mol. The average Bonchev–Trinajstić information content (AvgIpc) is 3.07. The highest BCUT2D eigenvalue weighted by molar-refractivity contribution is 5.02. The first-order valence-electron chi connectivity index (χ1n) is 7.83. The van der Waals surface area contributed by atoms with Gasteiger partial charge in [0, 0.05) is 5.92 Å². The topological polar surface area (TPSA) is 64.9 Å². The van der Waals surface area contributed by atoms with E-state index in [1.54, 1.807) is 0 Å². The monoisotopic (exact) mass is 263 g/mol. The summed E-state index contributed by atoms with van der Waals surface area (Å²) in [5, 5.41) is 4.18. The second-order valence-corrected chi connectivity index (χ2v) is 6.53. The summed E-state index contributed by atoms with van der Waals surface area (Å²) in [5.74, 6) is 3.38. The Morgan fingerprint density at radius 2 is 1.95 bits per heavy atom. The molecule has 19 heavy (non-hydrogen) atoms. The van der Waals surface area contributed by atoms with Gasteiger partial charge in [-0.15, -0.1) is 0 Å². The minimum Gasteiger partial charge on any atom is -0.338 e. The normalized spacial score (nSPS) is 30.6. The van der Waals surface area contributed by atoms with Crippen LogP contribution >= 0.6 is 0 Å². The second kappa shape index (κ2) is 5.61. The van der Waals surface area contributed by atoms with Crippen molar-refractivity contribution in [2.45, 2.75) is 70.3 Å². The quantitative estimate of drug-likeness (QED) is 0.905. The zero-order chi connectivity index (χ0) is 13.2. The number of hydrogen-bond donors (Lipinski definition) is 1. The van der Waals surface area contributed by atoms with Crippen molar-refractivity contribution in [1.29, 1.82) is 0 Å². The van der Waals surface area contributed by atoms with E-state index in [0.29, 0.717) is 17.7 Å². The lowest BCUT2D eigenvalue weighted by Gasteiger charge is -2.24. The summed E-state index contributed by atoms with van der Waals surface area (Å²) >= 11 is 0. The number of hydrogen-bond acceptors (Lipinski definition) is 4. The molecule has 0 aliphatic heterocycles. The van der Waals surface area contributed by atoms with E-state index >= 15 is 0 Å². The fraction of sp³-hybridized carbons (Fsp3) is 0.867. The highest BCUT2D eigenvalue weighted by Gasteiger charge is 2.30. The zero-order valence-corrected chi connectivity index (χ0v) is 11.8. The standard InChI is InChI=1S/C15H25N3O/c1-10-7-8-12(9-10)14-17-15(19-18-14)13(16)11-5-3-2-4-6-11/h10-13H,2-9,16H2,1H3. The molecule has 4 heteroatoms. The second-order valence-electron chi connectivity index (χ2n) is 6.53. The molecule has 0 bridgehead atoms. The van der Waals surface area contributed by atoms with Crippen molar-refractivity contribution in [1.82, 2.24) is 10.1 Å². The molecule has 3 atom stereocenters. The van der Waals surface area contributed by atoms with Crippen LogP contribution in [0.4, 0.5) is 0 Å². The number of nitrogens with zero attached hydrogens (tertiary/aromatic N) is 2. The van der Waals surface area contributed by atoms with Gasteiger partial charge in [0.1, 0.15) is 0 Å². The summed E-state index contributed by atoms with van der Waals surface area (Å²) < 4.78 is 5.44. The fourth-order valence-electron chi connectivity index (χ4n) is 3.69. The number of nitrogens with two attached hydrogens (primary N) is 1. The van der Waals surface area contributed by atoms with E-state index in [9.17, 15) is 0 Å². The molecule has 3 rings (SSSR count). The van der Waals surface area contributed by atoms with Gasteiger partial charge in [0.05, 0.1) is 6.04 Å². The molecule has 1 heterocycles. The van der Waals surface area contributed by atoms with Gasteiger partial charge in [-0.1, -0.05) is 31.3 Å². The van der Waals surface area contributed by atoms with Gasteiger partial charge in [-0.25, -0.2) is 0 Å².